The van der Waals surface area contributed by atoms with Gasteiger partial charge in [-0.2, -0.15) is 8.42 Å². The Hall–Kier alpha value is -3.06. The second kappa shape index (κ2) is 7.99. The predicted molar refractivity (Wildman–Crippen MR) is 107 cm³/mol. The fourth-order valence-corrected chi connectivity index (χ4v) is 4.50. The van der Waals surface area contributed by atoms with E-state index in [1.165, 1.54) is 24.3 Å². The Balaban J connectivity index is 2.10. The van der Waals surface area contributed by atoms with Crippen molar-refractivity contribution in [2.24, 2.45) is 10.2 Å². The molecule has 0 spiro atoms. The number of benzene rings is 3. The van der Waals surface area contributed by atoms with Gasteiger partial charge in [0.05, 0.1) is 17.3 Å². The summed E-state index contributed by atoms with van der Waals surface area (Å²) in [6, 6.07) is 10.1. The van der Waals surface area contributed by atoms with Gasteiger partial charge in [0.2, 0.25) is 0 Å². The lowest BCUT2D eigenvalue weighted by Gasteiger charge is -2.08. The maximum atomic E-state index is 12.1. The van der Waals surface area contributed by atoms with Gasteiger partial charge in [-0.05, 0) is 35.7 Å². The summed E-state index contributed by atoms with van der Waals surface area (Å²) in [6.07, 6.45) is 0. The van der Waals surface area contributed by atoms with E-state index in [4.69, 9.17) is 5.11 Å². The molecule has 3 aromatic carbocycles. The number of hydrogen-bond donors (Lipinski definition) is 4. The zero-order valence-corrected chi connectivity index (χ0v) is 16.8. The summed E-state index contributed by atoms with van der Waals surface area (Å²) in [7, 11) is -8.43. The first-order valence-corrected chi connectivity index (χ1v) is 11.4. The second-order valence-electron chi connectivity index (χ2n) is 6.16. The third-order valence-electron chi connectivity index (χ3n) is 4.17. The molecule has 158 valence electrons. The number of phenols is 2. The van der Waals surface area contributed by atoms with Gasteiger partial charge in [0.1, 0.15) is 22.0 Å². The molecular weight excluding hydrogens is 436 g/mol. The van der Waals surface area contributed by atoms with Crippen LogP contribution in [0.1, 0.15) is 0 Å². The van der Waals surface area contributed by atoms with Crippen molar-refractivity contribution in [2.75, 3.05) is 12.4 Å². The monoisotopic (exact) mass is 452 g/mol. The molecule has 0 atom stereocenters. The molecule has 4 N–H and O–H groups in total. The van der Waals surface area contributed by atoms with Crippen molar-refractivity contribution < 1.29 is 36.7 Å². The van der Waals surface area contributed by atoms with Crippen molar-refractivity contribution in [3.05, 3.63) is 48.5 Å². The van der Waals surface area contributed by atoms with Crippen LogP contribution in [0.15, 0.2) is 68.6 Å². The fourth-order valence-electron chi connectivity index (χ4n) is 2.73. The maximum Gasteiger partial charge on any atom is 0.295 e. The Morgan fingerprint density at radius 3 is 2.23 bits per heavy atom. The lowest BCUT2D eigenvalue weighted by molar-refractivity contribution is 0.319. The van der Waals surface area contributed by atoms with Crippen LogP contribution in [-0.4, -0.2) is 49.1 Å². The number of rotatable bonds is 6. The number of phenolic OH excluding ortho intramolecular Hbond substituents is 2. The number of aliphatic hydroxyl groups excluding tert-OH is 1. The number of nitrogens with zero attached hydrogens (tertiary/aromatic N) is 2. The lowest BCUT2D eigenvalue weighted by Crippen LogP contribution is -2.09. The van der Waals surface area contributed by atoms with E-state index in [1.807, 2.05) is 0 Å². The topological polar surface area (TPSA) is 174 Å². The van der Waals surface area contributed by atoms with Crippen LogP contribution in [0.5, 0.6) is 11.5 Å². The summed E-state index contributed by atoms with van der Waals surface area (Å²) in [5.41, 5.74) is -0.404. The Labute approximate surface area is 171 Å². The van der Waals surface area contributed by atoms with Crippen LogP contribution >= 0.6 is 0 Å². The van der Waals surface area contributed by atoms with E-state index < -0.39 is 43.0 Å². The molecule has 12 heteroatoms. The Kier molecular flexibility index (Phi) is 5.76. The van der Waals surface area contributed by atoms with Gasteiger partial charge in [0.15, 0.2) is 15.6 Å². The van der Waals surface area contributed by atoms with Gasteiger partial charge < -0.3 is 15.3 Å². The Bertz CT molecular complexity index is 1370. The fraction of sp³-hybridized carbons (Fsp3) is 0.111. The first-order chi connectivity index (χ1) is 14.0. The molecule has 30 heavy (non-hydrogen) atoms. The highest BCUT2D eigenvalue weighted by molar-refractivity contribution is 7.91. The molecule has 0 saturated carbocycles. The minimum atomic E-state index is -4.63. The normalized spacial score (nSPS) is 12.6. The molecule has 0 unspecified atom stereocenters. The van der Waals surface area contributed by atoms with Crippen molar-refractivity contribution >= 4 is 42.1 Å². The average molecular weight is 452 g/mol. The molecule has 0 amide bonds. The van der Waals surface area contributed by atoms with Crippen LogP contribution in [0, 0.1) is 0 Å². The molecule has 3 rings (SSSR count). The van der Waals surface area contributed by atoms with Crippen molar-refractivity contribution in [2.45, 2.75) is 9.79 Å². The molecular formula is C18H16N2O8S2. The largest absolute Gasteiger partial charge is 0.506 e. The maximum absolute atomic E-state index is 12.1. The molecule has 0 bridgehead atoms. The molecule has 10 nitrogen and oxygen atoms in total. The van der Waals surface area contributed by atoms with Gasteiger partial charge in [0.25, 0.3) is 10.1 Å². The Morgan fingerprint density at radius 2 is 1.57 bits per heavy atom. The van der Waals surface area contributed by atoms with Crippen molar-refractivity contribution in [3.8, 4) is 11.5 Å². The predicted octanol–water partition coefficient (Wildman–Crippen LogP) is 2.68. The molecule has 0 aliphatic heterocycles. The smallest absolute Gasteiger partial charge is 0.295 e. The molecule has 3 aromatic rings. The van der Waals surface area contributed by atoms with E-state index >= 15 is 0 Å². The van der Waals surface area contributed by atoms with E-state index in [2.05, 4.69) is 10.2 Å². The number of aromatic hydroxyl groups is 2. The summed E-state index contributed by atoms with van der Waals surface area (Å²) in [6.45, 7) is -0.582. The lowest BCUT2D eigenvalue weighted by atomic mass is 10.1. The third kappa shape index (κ3) is 4.26. The molecule has 0 heterocycles. The standard InChI is InChI=1S/C18H16N2O8S2/c21-8-9-29(24,25)12-5-7-15(22)14(10-12)20-19-13-6-4-11-2-1-3-16(30(26,27)28)17(11)18(13)23/h1-7,10,21-23H,8-9H2,(H,26,27,28)/b20-19+. The van der Waals surface area contributed by atoms with E-state index in [-0.39, 0.29) is 27.4 Å². The van der Waals surface area contributed by atoms with Gasteiger partial charge in [-0.3, -0.25) is 4.55 Å². The van der Waals surface area contributed by atoms with Crippen molar-refractivity contribution in [1.29, 1.82) is 0 Å². The minimum absolute atomic E-state index is 0.167. The molecule has 0 aliphatic rings. The van der Waals surface area contributed by atoms with Gasteiger partial charge in [-0.15, -0.1) is 10.2 Å². The van der Waals surface area contributed by atoms with Crippen LogP contribution in [-0.2, 0) is 20.0 Å². The summed E-state index contributed by atoms with van der Waals surface area (Å²) in [5.74, 6) is -1.48. The number of fused-ring (bicyclic) bond motifs is 1. The van der Waals surface area contributed by atoms with Crippen LogP contribution in [0.2, 0.25) is 0 Å². The second-order valence-corrected chi connectivity index (χ2v) is 9.65. The van der Waals surface area contributed by atoms with Crippen LogP contribution in [0.25, 0.3) is 10.8 Å². The summed E-state index contributed by atoms with van der Waals surface area (Å²) in [4.78, 5) is -0.714. The summed E-state index contributed by atoms with van der Waals surface area (Å²) >= 11 is 0. The average Bonchev–Trinajstić information content (AvgIpc) is 2.67. The van der Waals surface area contributed by atoms with E-state index in [1.54, 1.807) is 0 Å². The van der Waals surface area contributed by atoms with Gasteiger partial charge >= 0.3 is 0 Å². The minimum Gasteiger partial charge on any atom is -0.506 e. The van der Waals surface area contributed by atoms with Crippen molar-refractivity contribution in [3.63, 3.8) is 0 Å². The number of aliphatic hydroxyl groups is 1. The first-order valence-electron chi connectivity index (χ1n) is 8.35. The van der Waals surface area contributed by atoms with Gasteiger partial charge in [-0.25, -0.2) is 8.42 Å². The summed E-state index contributed by atoms with van der Waals surface area (Å²) < 4.78 is 56.7. The molecule has 0 fully saturated rings. The molecule has 0 radical (unpaired) electrons. The highest BCUT2D eigenvalue weighted by atomic mass is 32.2. The van der Waals surface area contributed by atoms with E-state index in [0.29, 0.717) is 5.39 Å². The number of azo groups is 1. The number of sulfone groups is 1. The van der Waals surface area contributed by atoms with E-state index in [9.17, 15) is 31.6 Å². The van der Waals surface area contributed by atoms with Gasteiger partial charge in [-0.1, -0.05) is 18.2 Å². The molecule has 0 aromatic heterocycles. The van der Waals surface area contributed by atoms with Crippen LogP contribution in [0.4, 0.5) is 11.4 Å². The number of hydrogen-bond acceptors (Lipinski definition) is 9. The SMILES string of the molecule is O=S(=O)(O)c1cccc2ccc(/N=N/c3cc(S(=O)(=O)CCO)ccc3O)c(O)c12. The quantitative estimate of drug-likeness (QED) is 0.326. The highest BCUT2D eigenvalue weighted by Crippen LogP contribution is 2.39. The van der Waals surface area contributed by atoms with Crippen LogP contribution in [0.3, 0.4) is 0 Å². The highest BCUT2D eigenvalue weighted by Gasteiger charge is 2.19. The van der Waals surface area contributed by atoms with Crippen LogP contribution < -0.4 is 0 Å². The zero-order chi connectivity index (χ0) is 22.1. The first kappa shape index (κ1) is 21.6. The van der Waals surface area contributed by atoms with Gasteiger partial charge in [0, 0.05) is 5.39 Å². The molecule has 0 saturated heterocycles. The van der Waals surface area contributed by atoms with E-state index in [0.717, 1.165) is 24.3 Å². The Morgan fingerprint density at radius 1 is 0.867 bits per heavy atom. The molecule has 0 aliphatic carbocycles. The third-order valence-corrected chi connectivity index (χ3v) is 6.76. The van der Waals surface area contributed by atoms with Crippen molar-refractivity contribution in [1.82, 2.24) is 0 Å². The summed E-state index contributed by atoms with van der Waals surface area (Å²) in [5, 5.41) is 37.0. The zero-order valence-electron chi connectivity index (χ0n) is 15.2.